The molecule has 6 nitrogen and oxygen atoms in total. The molecule has 1 saturated heterocycles. The average molecular weight is 425 g/mol. The maximum atomic E-state index is 13.6. The zero-order valence-electron chi connectivity index (χ0n) is 17.7. The summed E-state index contributed by atoms with van der Waals surface area (Å²) < 4.78 is 5.44. The Morgan fingerprint density at radius 3 is 2.66 bits per heavy atom. The van der Waals surface area contributed by atoms with Crippen LogP contribution >= 0.6 is 0 Å². The molecule has 6 heteroatoms. The number of para-hydroxylation sites is 1. The second kappa shape index (κ2) is 7.12. The van der Waals surface area contributed by atoms with Gasteiger partial charge in [0.1, 0.15) is 18.3 Å². The Labute approximate surface area is 185 Å². The number of benzene rings is 2. The van der Waals surface area contributed by atoms with E-state index in [-0.39, 0.29) is 24.4 Å². The van der Waals surface area contributed by atoms with Gasteiger partial charge in [0.15, 0.2) is 0 Å². The lowest BCUT2D eigenvalue weighted by atomic mass is 9.85. The lowest BCUT2D eigenvalue weighted by Crippen LogP contribution is -2.62. The molecule has 1 unspecified atom stereocenters. The number of aromatic amines is 1. The summed E-state index contributed by atoms with van der Waals surface area (Å²) in [5.41, 5.74) is 5.31. The maximum absolute atomic E-state index is 13.6. The van der Waals surface area contributed by atoms with Gasteiger partial charge in [0.2, 0.25) is 11.8 Å². The van der Waals surface area contributed by atoms with Crippen molar-refractivity contribution in [3.8, 4) is 0 Å². The molecule has 0 saturated carbocycles. The standard InChI is InChI=1S/C26H23N3O3/c1-16-7-2-3-9-18(16)25-24-20(19-10-4-5-11-21(19)27-24)13-22-26(31)28(15-23(30)29(22)25)14-17-8-6-12-32-17/h2-12,22,25,27H,13-15H2,1H3/t22-,25?/m0/s1. The maximum Gasteiger partial charge on any atom is 0.246 e. The van der Waals surface area contributed by atoms with Crippen LogP contribution in [0.3, 0.4) is 0 Å². The van der Waals surface area contributed by atoms with Gasteiger partial charge in [-0.3, -0.25) is 9.59 Å². The summed E-state index contributed by atoms with van der Waals surface area (Å²) in [6, 6.07) is 19.0. The summed E-state index contributed by atoms with van der Waals surface area (Å²) in [6.07, 6.45) is 2.09. The van der Waals surface area contributed by atoms with Crippen LogP contribution in [0.4, 0.5) is 0 Å². The molecule has 1 N–H and O–H groups in total. The Morgan fingerprint density at radius 2 is 1.84 bits per heavy atom. The molecule has 0 aliphatic carbocycles. The number of aromatic nitrogens is 1. The van der Waals surface area contributed by atoms with Gasteiger partial charge in [0.25, 0.3) is 0 Å². The number of fused-ring (bicyclic) bond motifs is 4. The van der Waals surface area contributed by atoms with Crippen molar-refractivity contribution >= 4 is 22.7 Å². The summed E-state index contributed by atoms with van der Waals surface area (Å²) in [5.74, 6) is 0.605. The second-order valence-corrected chi connectivity index (χ2v) is 8.62. The fraction of sp³-hybridized carbons (Fsp3) is 0.231. The largest absolute Gasteiger partial charge is 0.467 e. The molecule has 2 aromatic heterocycles. The van der Waals surface area contributed by atoms with Crippen LogP contribution in [-0.4, -0.2) is 39.2 Å². The summed E-state index contributed by atoms with van der Waals surface area (Å²) in [6.45, 7) is 2.41. The number of carbonyl (C=O) groups is 2. The van der Waals surface area contributed by atoms with Crippen LogP contribution in [-0.2, 0) is 22.6 Å². The molecule has 160 valence electrons. The average Bonchev–Trinajstić information content (AvgIpc) is 3.44. The van der Waals surface area contributed by atoms with Crippen LogP contribution in [0.1, 0.15) is 34.2 Å². The van der Waals surface area contributed by atoms with E-state index in [1.165, 1.54) is 0 Å². The molecule has 32 heavy (non-hydrogen) atoms. The Balaban J connectivity index is 1.50. The predicted molar refractivity (Wildman–Crippen MR) is 120 cm³/mol. The SMILES string of the molecule is Cc1ccccc1C1c2[nH]c3ccccc3c2C[C@H]2C(=O)N(Cc3ccco3)CC(=O)N12. The van der Waals surface area contributed by atoms with E-state index in [9.17, 15) is 9.59 Å². The highest BCUT2D eigenvalue weighted by molar-refractivity contribution is 5.97. The zero-order chi connectivity index (χ0) is 21.8. The van der Waals surface area contributed by atoms with Gasteiger partial charge in [-0.05, 0) is 41.8 Å². The quantitative estimate of drug-likeness (QED) is 0.540. The minimum absolute atomic E-state index is 0.0319. The van der Waals surface area contributed by atoms with Gasteiger partial charge in [0.05, 0.1) is 18.8 Å². The van der Waals surface area contributed by atoms with E-state index in [2.05, 4.69) is 36.2 Å². The lowest BCUT2D eigenvalue weighted by molar-refractivity contribution is -0.159. The first-order valence-electron chi connectivity index (χ1n) is 10.9. The number of rotatable bonds is 3. The predicted octanol–water partition coefficient (Wildman–Crippen LogP) is 3.95. The highest BCUT2D eigenvalue weighted by Gasteiger charge is 2.48. The Kier molecular flexibility index (Phi) is 4.21. The highest BCUT2D eigenvalue weighted by atomic mass is 16.3. The van der Waals surface area contributed by atoms with Crippen LogP contribution in [0, 0.1) is 6.92 Å². The smallest absolute Gasteiger partial charge is 0.246 e. The minimum atomic E-state index is -0.539. The Bertz CT molecular complexity index is 1340. The van der Waals surface area contributed by atoms with Gasteiger partial charge in [0, 0.05) is 23.0 Å². The van der Waals surface area contributed by atoms with E-state index in [0.717, 1.165) is 33.3 Å². The molecule has 2 aromatic carbocycles. The van der Waals surface area contributed by atoms with E-state index in [4.69, 9.17) is 4.42 Å². The van der Waals surface area contributed by atoms with Crippen LogP contribution in [0.25, 0.3) is 10.9 Å². The van der Waals surface area contributed by atoms with Crippen LogP contribution in [0.5, 0.6) is 0 Å². The van der Waals surface area contributed by atoms with Crippen molar-refractivity contribution in [3.05, 3.63) is 95.1 Å². The van der Waals surface area contributed by atoms with E-state index in [0.29, 0.717) is 18.7 Å². The second-order valence-electron chi connectivity index (χ2n) is 8.62. The van der Waals surface area contributed by atoms with Crippen molar-refractivity contribution in [1.82, 2.24) is 14.8 Å². The number of amides is 2. The third kappa shape index (κ3) is 2.79. The molecular weight excluding hydrogens is 402 g/mol. The fourth-order valence-corrected chi connectivity index (χ4v) is 5.27. The molecule has 4 heterocycles. The van der Waals surface area contributed by atoms with Gasteiger partial charge in [-0.15, -0.1) is 0 Å². The summed E-state index contributed by atoms with van der Waals surface area (Å²) in [7, 11) is 0. The van der Waals surface area contributed by atoms with Gasteiger partial charge < -0.3 is 19.2 Å². The molecule has 0 bridgehead atoms. The van der Waals surface area contributed by atoms with Crippen LogP contribution < -0.4 is 0 Å². The van der Waals surface area contributed by atoms with Gasteiger partial charge in [-0.2, -0.15) is 0 Å². The fourth-order valence-electron chi connectivity index (χ4n) is 5.27. The minimum Gasteiger partial charge on any atom is -0.467 e. The molecule has 2 atom stereocenters. The number of aryl methyl sites for hydroxylation is 1. The van der Waals surface area contributed by atoms with Crippen molar-refractivity contribution in [2.75, 3.05) is 6.54 Å². The summed E-state index contributed by atoms with van der Waals surface area (Å²) >= 11 is 0. The summed E-state index contributed by atoms with van der Waals surface area (Å²) in [4.78, 5) is 34.2. The van der Waals surface area contributed by atoms with E-state index in [1.54, 1.807) is 22.1 Å². The highest BCUT2D eigenvalue weighted by Crippen LogP contribution is 2.43. The molecule has 2 aliphatic heterocycles. The van der Waals surface area contributed by atoms with Crippen molar-refractivity contribution in [3.63, 3.8) is 0 Å². The van der Waals surface area contributed by atoms with Gasteiger partial charge >= 0.3 is 0 Å². The normalized spacial score (nSPS) is 20.5. The third-order valence-electron chi connectivity index (χ3n) is 6.75. The number of nitrogens with zero attached hydrogens (tertiary/aromatic N) is 2. The Morgan fingerprint density at radius 1 is 1.03 bits per heavy atom. The molecule has 2 amide bonds. The number of carbonyl (C=O) groups excluding carboxylic acids is 2. The molecule has 0 spiro atoms. The first-order valence-corrected chi connectivity index (χ1v) is 10.9. The zero-order valence-corrected chi connectivity index (χ0v) is 17.7. The van der Waals surface area contributed by atoms with Crippen LogP contribution in [0.15, 0.2) is 71.3 Å². The topological polar surface area (TPSA) is 69.5 Å². The third-order valence-corrected chi connectivity index (χ3v) is 6.75. The lowest BCUT2D eigenvalue weighted by Gasteiger charge is -2.47. The molecule has 6 rings (SSSR count). The van der Waals surface area contributed by atoms with Crippen molar-refractivity contribution < 1.29 is 14.0 Å². The van der Waals surface area contributed by atoms with Crippen molar-refractivity contribution in [1.29, 1.82) is 0 Å². The van der Waals surface area contributed by atoms with E-state index >= 15 is 0 Å². The number of furan rings is 1. The Hall–Kier alpha value is -3.80. The first kappa shape index (κ1) is 18.9. The molecular formula is C26H23N3O3. The van der Waals surface area contributed by atoms with E-state index in [1.807, 2.05) is 30.3 Å². The number of nitrogens with one attached hydrogen (secondary N) is 1. The number of hydrogen-bond acceptors (Lipinski definition) is 3. The molecule has 1 fully saturated rings. The first-order chi connectivity index (χ1) is 15.6. The van der Waals surface area contributed by atoms with Crippen molar-refractivity contribution in [2.45, 2.75) is 32.0 Å². The number of hydrogen-bond donors (Lipinski definition) is 1. The molecule has 4 aromatic rings. The van der Waals surface area contributed by atoms with Crippen molar-refractivity contribution in [2.24, 2.45) is 0 Å². The number of piperazine rings is 1. The van der Waals surface area contributed by atoms with Gasteiger partial charge in [-0.1, -0.05) is 42.5 Å². The molecule has 2 aliphatic rings. The monoisotopic (exact) mass is 425 g/mol. The summed E-state index contributed by atoms with van der Waals surface area (Å²) in [5, 5.41) is 1.11. The van der Waals surface area contributed by atoms with Gasteiger partial charge in [-0.25, -0.2) is 0 Å². The van der Waals surface area contributed by atoms with E-state index < -0.39 is 6.04 Å². The number of H-pyrrole nitrogens is 1. The molecule has 0 radical (unpaired) electrons. The van der Waals surface area contributed by atoms with Crippen LogP contribution in [0.2, 0.25) is 0 Å².